The van der Waals surface area contributed by atoms with E-state index in [1.807, 2.05) is 32.0 Å². The van der Waals surface area contributed by atoms with Crippen molar-refractivity contribution in [3.05, 3.63) is 40.1 Å². The van der Waals surface area contributed by atoms with Gasteiger partial charge in [0.2, 0.25) is 22.1 Å². The van der Waals surface area contributed by atoms with E-state index in [1.165, 1.54) is 22.7 Å². The van der Waals surface area contributed by atoms with Crippen LogP contribution in [-0.2, 0) is 22.4 Å². The van der Waals surface area contributed by atoms with E-state index in [9.17, 15) is 9.59 Å². The smallest absolute Gasteiger partial charge is 0.232 e. The molecule has 0 spiro atoms. The molecule has 3 aromatic rings. The third-order valence-corrected chi connectivity index (χ3v) is 6.89. The maximum Gasteiger partial charge on any atom is 0.232 e. The molecule has 3 aromatic heterocycles. The van der Waals surface area contributed by atoms with Crippen molar-refractivity contribution in [3.63, 3.8) is 0 Å². The summed E-state index contributed by atoms with van der Waals surface area (Å²) in [6, 6.07) is 5.49. The first-order valence-electron chi connectivity index (χ1n) is 10.1. The zero-order chi connectivity index (χ0) is 21.8. The number of carbonyl (C=O) groups is 2. The normalized spacial score (nSPS) is 17.9. The maximum atomic E-state index is 12.2. The Morgan fingerprint density at radius 1 is 1.06 bits per heavy atom. The Balaban J connectivity index is 1.23. The number of pyridine rings is 1. The summed E-state index contributed by atoms with van der Waals surface area (Å²) in [6.45, 7) is 3.69. The van der Waals surface area contributed by atoms with Gasteiger partial charge in [-0.15, -0.1) is 20.4 Å². The number of rotatable bonds is 8. The van der Waals surface area contributed by atoms with E-state index in [-0.39, 0.29) is 24.2 Å². The highest BCUT2D eigenvalue weighted by Gasteiger charge is 2.33. The van der Waals surface area contributed by atoms with Crippen molar-refractivity contribution in [1.82, 2.24) is 25.4 Å². The van der Waals surface area contributed by atoms with Crippen LogP contribution in [0.5, 0.6) is 0 Å². The lowest BCUT2D eigenvalue weighted by molar-refractivity contribution is -0.119. The highest BCUT2D eigenvalue weighted by molar-refractivity contribution is 7.15. The standard InChI is InChI=1S/C20H23N7O2S2/c1-11(2)17(29)23-20-26-24-16(30-20)9-12-7-13(8-12)18-25-27-19(31-18)22-15(28)10-14-5-3-4-6-21-14/h3-6,11-13H,7-10H2,1-2H3,(H,22,27,28)(H,23,26,29)/t12-,13+. The summed E-state index contributed by atoms with van der Waals surface area (Å²) in [6.07, 6.45) is 4.73. The highest BCUT2D eigenvalue weighted by Crippen LogP contribution is 2.44. The highest BCUT2D eigenvalue weighted by atomic mass is 32.1. The van der Waals surface area contributed by atoms with Gasteiger partial charge in [0.1, 0.15) is 10.0 Å². The molecule has 0 aliphatic heterocycles. The molecule has 0 bridgehead atoms. The van der Waals surface area contributed by atoms with Gasteiger partial charge >= 0.3 is 0 Å². The number of carbonyl (C=O) groups excluding carboxylic acids is 2. The molecular formula is C20H23N7O2S2. The van der Waals surface area contributed by atoms with Gasteiger partial charge in [-0.2, -0.15) is 0 Å². The minimum absolute atomic E-state index is 0.0504. The fraction of sp³-hybridized carbons (Fsp3) is 0.450. The Hall–Kier alpha value is -2.79. The van der Waals surface area contributed by atoms with Crippen LogP contribution in [0.1, 0.15) is 48.3 Å². The Labute approximate surface area is 187 Å². The minimum atomic E-state index is -0.149. The number of hydrogen-bond acceptors (Lipinski definition) is 9. The molecular weight excluding hydrogens is 434 g/mol. The van der Waals surface area contributed by atoms with Crippen LogP contribution in [-0.4, -0.2) is 37.2 Å². The lowest BCUT2D eigenvalue weighted by Gasteiger charge is -2.32. The van der Waals surface area contributed by atoms with Crippen molar-refractivity contribution in [2.45, 2.75) is 45.4 Å². The molecule has 2 N–H and O–H groups in total. The molecule has 0 radical (unpaired) electrons. The lowest BCUT2D eigenvalue weighted by Crippen LogP contribution is -2.23. The SMILES string of the molecule is CC(C)C(=O)Nc1nnc(C[C@H]2C[C@@H](c3nnc(NC(=O)Cc4ccccn4)s3)C2)s1. The second-order valence-electron chi connectivity index (χ2n) is 7.87. The molecule has 11 heteroatoms. The van der Waals surface area contributed by atoms with Crippen LogP contribution in [0.4, 0.5) is 10.3 Å². The summed E-state index contributed by atoms with van der Waals surface area (Å²) >= 11 is 2.86. The van der Waals surface area contributed by atoms with E-state index in [0.29, 0.717) is 22.1 Å². The Morgan fingerprint density at radius 2 is 1.84 bits per heavy atom. The Bertz CT molecular complexity index is 1040. The number of hydrogen-bond donors (Lipinski definition) is 2. The largest absolute Gasteiger partial charge is 0.300 e. The van der Waals surface area contributed by atoms with E-state index < -0.39 is 0 Å². The van der Waals surface area contributed by atoms with Crippen molar-refractivity contribution in [2.75, 3.05) is 10.6 Å². The quantitative estimate of drug-likeness (QED) is 0.532. The maximum absolute atomic E-state index is 12.2. The van der Waals surface area contributed by atoms with E-state index in [4.69, 9.17) is 0 Å². The van der Waals surface area contributed by atoms with Gasteiger partial charge in [-0.3, -0.25) is 14.6 Å². The van der Waals surface area contributed by atoms with Crippen LogP contribution < -0.4 is 10.6 Å². The summed E-state index contributed by atoms with van der Waals surface area (Å²) in [5, 5.41) is 25.2. The summed E-state index contributed by atoms with van der Waals surface area (Å²) in [4.78, 5) is 28.1. The number of aromatic nitrogens is 5. The summed E-state index contributed by atoms with van der Waals surface area (Å²) in [5.41, 5.74) is 0.718. The van der Waals surface area contributed by atoms with Gasteiger partial charge in [0, 0.05) is 30.1 Å². The van der Waals surface area contributed by atoms with Crippen LogP contribution in [0.3, 0.4) is 0 Å². The Kier molecular flexibility index (Phi) is 6.62. The van der Waals surface area contributed by atoms with E-state index in [1.54, 1.807) is 6.20 Å². The zero-order valence-electron chi connectivity index (χ0n) is 17.2. The molecule has 1 aliphatic carbocycles. The monoisotopic (exact) mass is 457 g/mol. The van der Waals surface area contributed by atoms with E-state index in [2.05, 4.69) is 36.0 Å². The van der Waals surface area contributed by atoms with Gasteiger partial charge in [0.25, 0.3) is 0 Å². The van der Waals surface area contributed by atoms with Crippen LogP contribution in [0.25, 0.3) is 0 Å². The first-order valence-corrected chi connectivity index (χ1v) is 11.8. The van der Waals surface area contributed by atoms with Crippen LogP contribution >= 0.6 is 22.7 Å². The van der Waals surface area contributed by atoms with Crippen LogP contribution in [0, 0.1) is 11.8 Å². The molecule has 1 saturated carbocycles. The molecule has 31 heavy (non-hydrogen) atoms. The summed E-state index contributed by atoms with van der Waals surface area (Å²) in [7, 11) is 0. The minimum Gasteiger partial charge on any atom is -0.300 e. The molecule has 0 unspecified atom stereocenters. The molecule has 3 heterocycles. The second-order valence-corrected chi connectivity index (χ2v) is 9.95. The topological polar surface area (TPSA) is 123 Å². The van der Waals surface area contributed by atoms with Gasteiger partial charge in [-0.05, 0) is 30.9 Å². The number of amides is 2. The predicted octanol–water partition coefficient (Wildman–Crippen LogP) is 3.30. The average molecular weight is 458 g/mol. The van der Waals surface area contributed by atoms with Crippen molar-refractivity contribution in [1.29, 1.82) is 0 Å². The molecule has 0 saturated heterocycles. The fourth-order valence-corrected chi connectivity index (χ4v) is 5.01. The molecule has 9 nitrogen and oxygen atoms in total. The van der Waals surface area contributed by atoms with Gasteiger partial charge in [0.05, 0.1) is 6.42 Å². The van der Waals surface area contributed by atoms with Gasteiger partial charge in [-0.1, -0.05) is 42.6 Å². The molecule has 162 valence electrons. The number of nitrogens with zero attached hydrogens (tertiary/aromatic N) is 5. The van der Waals surface area contributed by atoms with Crippen molar-refractivity contribution < 1.29 is 9.59 Å². The van der Waals surface area contributed by atoms with E-state index >= 15 is 0 Å². The fourth-order valence-electron chi connectivity index (χ4n) is 3.27. The van der Waals surface area contributed by atoms with Crippen molar-refractivity contribution in [2.24, 2.45) is 11.8 Å². The molecule has 2 amide bonds. The second kappa shape index (κ2) is 9.56. The summed E-state index contributed by atoms with van der Waals surface area (Å²) in [5.74, 6) is 0.584. The van der Waals surface area contributed by atoms with Crippen LogP contribution in [0.2, 0.25) is 0 Å². The first-order chi connectivity index (χ1) is 15.0. The van der Waals surface area contributed by atoms with Gasteiger partial charge in [0.15, 0.2) is 0 Å². The lowest BCUT2D eigenvalue weighted by atomic mass is 9.74. The number of nitrogens with one attached hydrogen (secondary N) is 2. The third-order valence-electron chi connectivity index (χ3n) is 5.02. The molecule has 0 atom stereocenters. The van der Waals surface area contributed by atoms with Gasteiger partial charge in [-0.25, -0.2) is 0 Å². The van der Waals surface area contributed by atoms with Crippen molar-refractivity contribution in [3.8, 4) is 0 Å². The zero-order valence-corrected chi connectivity index (χ0v) is 18.9. The predicted molar refractivity (Wildman–Crippen MR) is 119 cm³/mol. The third kappa shape index (κ3) is 5.67. The molecule has 0 aromatic carbocycles. The van der Waals surface area contributed by atoms with Crippen LogP contribution in [0.15, 0.2) is 24.4 Å². The van der Waals surface area contributed by atoms with Crippen molar-refractivity contribution >= 4 is 44.8 Å². The molecule has 4 rings (SSSR count). The number of anilines is 2. The molecule has 1 fully saturated rings. The van der Waals surface area contributed by atoms with E-state index in [0.717, 1.165) is 35.0 Å². The Morgan fingerprint density at radius 3 is 2.58 bits per heavy atom. The average Bonchev–Trinajstić information content (AvgIpc) is 3.34. The summed E-state index contributed by atoms with van der Waals surface area (Å²) < 4.78 is 0. The first kappa shape index (κ1) is 21.4. The molecule has 1 aliphatic rings. The van der Waals surface area contributed by atoms with Gasteiger partial charge < -0.3 is 10.6 Å².